The number of piperidine rings is 1. The van der Waals surface area contributed by atoms with Crippen molar-refractivity contribution in [2.45, 2.75) is 51.4 Å². The van der Waals surface area contributed by atoms with E-state index >= 15 is 0 Å². The summed E-state index contributed by atoms with van der Waals surface area (Å²) < 4.78 is 0. The largest absolute Gasteiger partial charge is 0.303 e. The van der Waals surface area contributed by atoms with E-state index in [1.807, 2.05) is 0 Å². The minimum absolute atomic E-state index is 0.546. The molecule has 3 nitrogen and oxygen atoms in total. The van der Waals surface area contributed by atoms with Crippen LogP contribution in [0.5, 0.6) is 0 Å². The van der Waals surface area contributed by atoms with Gasteiger partial charge in [0.05, 0.1) is 23.2 Å². The summed E-state index contributed by atoms with van der Waals surface area (Å²) >= 11 is 1.78. The Kier molecular flexibility index (Phi) is 4.38. The van der Waals surface area contributed by atoms with Gasteiger partial charge in [0.15, 0.2) is 0 Å². The summed E-state index contributed by atoms with van der Waals surface area (Å²) in [7, 11) is 0. The number of thiazole rings is 1. The molecule has 2 fully saturated rings. The van der Waals surface area contributed by atoms with E-state index in [-0.39, 0.29) is 0 Å². The van der Waals surface area contributed by atoms with Crippen LogP contribution in [0.15, 0.2) is 0 Å². The van der Waals surface area contributed by atoms with Gasteiger partial charge in [-0.1, -0.05) is 6.92 Å². The van der Waals surface area contributed by atoms with Gasteiger partial charge in [0.1, 0.15) is 0 Å². The summed E-state index contributed by atoms with van der Waals surface area (Å²) in [6, 6.07) is 2.29. The molecule has 0 aromatic carbocycles. The Bertz CT molecular complexity index is 490. The van der Waals surface area contributed by atoms with Gasteiger partial charge in [0.2, 0.25) is 0 Å². The Morgan fingerprint density at radius 1 is 1.30 bits per heavy atom. The third-order valence-corrected chi connectivity index (χ3v) is 5.62. The number of nitrogens with zero attached hydrogens (tertiary/aromatic N) is 3. The van der Waals surface area contributed by atoms with E-state index < -0.39 is 0 Å². The molecule has 0 amide bonds. The van der Waals surface area contributed by atoms with Gasteiger partial charge in [-0.25, -0.2) is 4.98 Å². The van der Waals surface area contributed by atoms with Gasteiger partial charge < -0.3 is 4.90 Å². The van der Waals surface area contributed by atoms with Gasteiger partial charge in [0.25, 0.3) is 0 Å². The Morgan fingerprint density at radius 3 is 2.70 bits per heavy atom. The van der Waals surface area contributed by atoms with E-state index in [2.05, 4.69) is 17.9 Å². The highest BCUT2D eigenvalue weighted by Crippen LogP contribution is 2.42. The molecule has 108 valence electrons. The van der Waals surface area contributed by atoms with Crippen molar-refractivity contribution in [3.63, 3.8) is 0 Å². The monoisotopic (exact) mass is 289 g/mol. The average molecular weight is 289 g/mol. The number of nitriles is 1. The normalized spacial score (nSPS) is 21.0. The van der Waals surface area contributed by atoms with E-state index in [9.17, 15) is 0 Å². The molecule has 0 spiro atoms. The molecule has 3 rings (SSSR count). The number of rotatable bonds is 5. The highest BCUT2D eigenvalue weighted by molar-refractivity contribution is 7.11. The molecule has 1 aliphatic heterocycles. The minimum Gasteiger partial charge on any atom is -0.303 e. The fourth-order valence-corrected chi connectivity index (χ4v) is 4.01. The van der Waals surface area contributed by atoms with Crippen LogP contribution in [0, 0.1) is 17.2 Å². The van der Waals surface area contributed by atoms with Gasteiger partial charge in [0, 0.05) is 23.8 Å². The van der Waals surface area contributed by atoms with Crippen LogP contribution in [0.4, 0.5) is 0 Å². The molecule has 0 bridgehead atoms. The van der Waals surface area contributed by atoms with Crippen LogP contribution in [0.1, 0.15) is 54.1 Å². The smallest absolute Gasteiger partial charge is 0.0944 e. The van der Waals surface area contributed by atoms with Gasteiger partial charge in [-0.2, -0.15) is 5.26 Å². The van der Waals surface area contributed by atoms with E-state index in [1.54, 1.807) is 11.3 Å². The minimum atomic E-state index is 0.546. The molecule has 0 N–H and O–H groups in total. The molecular weight excluding hydrogens is 266 g/mol. The Morgan fingerprint density at radius 2 is 2.05 bits per heavy atom. The molecule has 1 saturated carbocycles. The summed E-state index contributed by atoms with van der Waals surface area (Å²) in [5.74, 6) is 1.56. The number of hydrogen-bond acceptors (Lipinski definition) is 4. The lowest BCUT2D eigenvalue weighted by Crippen LogP contribution is -2.34. The Balaban J connectivity index is 1.57. The highest BCUT2D eigenvalue weighted by atomic mass is 32.1. The number of aromatic nitrogens is 1. The number of likely N-dealkylation sites (tertiary alicyclic amines) is 1. The Labute approximate surface area is 125 Å². The zero-order valence-electron chi connectivity index (χ0n) is 12.3. The summed E-state index contributed by atoms with van der Waals surface area (Å²) in [6.07, 6.45) is 6.82. The molecule has 1 aromatic heterocycles. The fourth-order valence-electron chi connectivity index (χ4n) is 2.93. The van der Waals surface area contributed by atoms with Crippen LogP contribution in [0.25, 0.3) is 0 Å². The molecule has 2 heterocycles. The summed E-state index contributed by atoms with van der Waals surface area (Å²) in [6.45, 7) is 5.98. The molecule has 0 unspecified atom stereocenters. The lowest BCUT2D eigenvalue weighted by Gasteiger charge is -2.29. The average Bonchev–Trinajstić information content (AvgIpc) is 3.21. The van der Waals surface area contributed by atoms with Crippen molar-refractivity contribution in [1.29, 1.82) is 5.26 Å². The molecule has 2 aliphatic rings. The summed E-state index contributed by atoms with van der Waals surface area (Å²) in [5, 5.41) is 10.2. The lowest BCUT2D eigenvalue weighted by atomic mass is 9.99. The molecule has 0 atom stereocenters. The van der Waals surface area contributed by atoms with Gasteiger partial charge in [-0.15, -0.1) is 11.3 Å². The number of hydrogen-bond donors (Lipinski definition) is 0. The van der Waals surface area contributed by atoms with E-state index in [0.29, 0.717) is 12.3 Å². The quantitative estimate of drug-likeness (QED) is 0.834. The van der Waals surface area contributed by atoms with Crippen LogP contribution >= 0.6 is 11.3 Å². The van der Waals surface area contributed by atoms with Crippen molar-refractivity contribution in [3.05, 3.63) is 15.6 Å². The highest BCUT2D eigenvalue weighted by Gasteiger charge is 2.29. The van der Waals surface area contributed by atoms with Crippen LogP contribution < -0.4 is 0 Å². The van der Waals surface area contributed by atoms with Crippen molar-refractivity contribution >= 4 is 11.3 Å². The van der Waals surface area contributed by atoms with E-state index in [1.165, 1.54) is 54.4 Å². The van der Waals surface area contributed by atoms with Crippen molar-refractivity contribution in [2.75, 3.05) is 19.6 Å². The molecule has 1 aliphatic carbocycles. The van der Waals surface area contributed by atoms with Crippen molar-refractivity contribution in [1.82, 2.24) is 9.88 Å². The standard InChI is InChI=1S/C16H23N3S/c1-12-5-9-19(10-6-12)11-7-15-18-16(13-2-3-13)14(20-15)4-8-17/h12-13H,2-7,9-11H2,1H3. The second-order valence-electron chi connectivity index (χ2n) is 6.30. The van der Waals surface area contributed by atoms with E-state index in [0.717, 1.165) is 18.9 Å². The van der Waals surface area contributed by atoms with Crippen molar-refractivity contribution in [2.24, 2.45) is 5.92 Å². The van der Waals surface area contributed by atoms with E-state index in [4.69, 9.17) is 10.2 Å². The fraction of sp³-hybridized carbons (Fsp3) is 0.750. The van der Waals surface area contributed by atoms with Crippen LogP contribution in [0.2, 0.25) is 0 Å². The predicted octanol–water partition coefficient (Wildman–Crippen LogP) is 3.36. The Hall–Kier alpha value is -0.920. The van der Waals surface area contributed by atoms with Gasteiger partial charge >= 0.3 is 0 Å². The van der Waals surface area contributed by atoms with Crippen molar-refractivity contribution in [3.8, 4) is 6.07 Å². The first-order valence-electron chi connectivity index (χ1n) is 7.84. The third kappa shape index (κ3) is 3.39. The molecular formula is C16H23N3S. The van der Waals surface area contributed by atoms with Crippen LogP contribution in [0.3, 0.4) is 0 Å². The van der Waals surface area contributed by atoms with Crippen LogP contribution in [-0.4, -0.2) is 29.5 Å². The topological polar surface area (TPSA) is 39.9 Å². The SMILES string of the molecule is CC1CCN(CCc2nc(C3CC3)c(CC#N)s2)CC1. The molecule has 20 heavy (non-hydrogen) atoms. The summed E-state index contributed by atoms with van der Waals surface area (Å²) in [5.41, 5.74) is 1.25. The molecule has 1 saturated heterocycles. The molecule has 0 radical (unpaired) electrons. The van der Waals surface area contributed by atoms with Crippen LogP contribution in [-0.2, 0) is 12.8 Å². The first kappa shape index (κ1) is 14.0. The first-order valence-corrected chi connectivity index (χ1v) is 8.65. The zero-order valence-corrected chi connectivity index (χ0v) is 13.1. The maximum atomic E-state index is 8.93. The second-order valence-corrected chi connectivity index (χ2v) is 7.47. The van der Waals surface area contributed by atoms with Crippen molar-refractivity contribution < 1.29 is 0 Å². The maximum absolute atomic E-state index is 8.93. The molecule has 1 aromatic rings. The first-order chi connectivity index (χ1) is 9.76. The van der Waals surface area contributed by atoms with Gasteiger partial charge in [-0.05, 0) is 44.7 Å². The second kappa shape index (κ2) is 6.24. The lowest BCUT2D eigenvalue weighted by molar-refractivity contribution is 0.194. The molecule has 4 heteroatoms. The zero-order chi connectivity index (χ0) is 13.9. The predicted molar refractivity (Wildman–Crippen MR) is 81.9 cm³/mol. The summed E-state index contributed by atoms with van der Waals surface area (Å²) in [4.78, 5) is 8.64. The van der Waals surface area contributed by atoms with Gasteiger partial charge in [-0.3, -0.25) is 0 Å². The third-order valence-electron chi connectivity index (χ3n) is 4.49. The maximum Gasteiger partial charge on any atom is 0.0944 e.